The predicted octanol–water partition coefficient (Wildman–Crippen LogP) is 2.74. The van der Waals surface area contributed by atoms with Crippen LogP contribution in [-0.4, -0.2) is 47.1 Å². The molecule has 0 unspecified atom stereocenters. The second-order valence-electron chi connectivity index (χ2n) is 8.58. The van der Waals surface area contributed by atoms with Gasteiger partial charge in [-0.05, 0) is 37.3 Å². The van der Waals surface area contributed by atoms with Crippen molar-refractivity contribution >= 4 is 17.0 Å². The third-order valence-electron chi connectivity index (χ3n) is 5.73. The zero-order chi connectivity index (χ0) is 17.7. The Hall–Kier alpha value is -1.95. The van der Waals surface area contributed by atoms with Crippen molar-refractivity contribution in [1.82, 2.24) is 20.4 Å². The topological polar surface area (TPSA) is 71.3 Å². The van der Waals surface area contributed by atoms with Crippen LogP contribution in [0.25, 0.3) is 11.1 Å². The van der Waals surface area contributed by atoms with Gasteiger partial charge in [-0.1, -0.05) is 25.9 Å². The van der Waals surface area contributed by atoms with Crippen LogP contribution >= 0.6 is 0 Å². The van der Waals surface area contributed by atoms with E-state index in [1.807, 2.05) is 11.0 Å². The largest absolute Gasteiger partial charge is 0.339 e. The first-order valence-corrected chi connectivity index (χ1v) is 9.14. The van der Waals surface area contributed by atoms with Gasteiger partial charge in [-0.3, -0.25) is 4.79 Å². The van der Waals surface area contributed by atoms with E-state index in [-0.39, 0.29) is 11.3 Å². The van der Waals surface area contributed by atoms with E-state index in [4.69, 9.17) is 4.52 Å². The fourth-order valence-electron chi connectivity index (χ4n) is 4.08. The van der Waals surface area contributed by atoms with Crippen LogP contribution < -0.4 is 5.32 Å². The van der Waals surface area contributed by atoms with Crippen molar-refractivity contribution in [3.63, 3.8) is 0 Å². The first-order valence-electron chi connectivity index (χ1n) is 9.14. The van der Waals surface area contributed by atoms with Gasteiger partial charge in [-0.2, -0.15) is 0 Å². The molecule has 2 saturated heterocycles. The number of carbonyl (C=O) groups excluding carboxylic acids is 1. The number of hydrogen-bond donors (Lipinski definition) is 1. The molecule has 2 aliphatic heterocycles. The van der Waals surface area contributed by atoms with E-state index in [9.17, 15) is 4.79 Å². The van der Waals surface area contributed by atoms with Gasteiger partial charge in [0.15, 0.2) is 0 Å². The van der Waals surface area contributed by atoms with Gasteiger partial charge in [0.2, 0.25) is 0 Å². The van der Waals surface area contributed by atoms with Crippen molar-refractivity contribution in [2.75, 3.05) is 26.2 Å². The maximum absolute atomic E-state index is 12.9. The lowest BCUT2D eigenvalue weighted by molar-refractivity contribution is 0.0607. The summed E-state index contributed by atoms with van der Waals surface area (Å²) >= 11 is 0. The van der Waals surface area contributed by atoms with Crippen LogP contribution in [0, 0.1) is 5.41 Å². The first-order chi connectivity index (χ1) is 11.9. The number of likely N-dealkylation sites (tertiary alicyclic amines) is 1. The number of fused-ring (bicyclic) bond motifs is 1. The van der Waals surface area contributed by atoms with Crippen LogP contribution in [-0.2, 0) is 5.41 Å². The van der Waals surface area contributed by atoms with Crippen molar-refractivity contribution < 1.29 is 9.32 Å². The van der Waals surface area contributed by atoms with E-state index in [0.29, 0.717) is 16.7 Å². The highest BCUT2D eigenvalue weighted by Crippen LogP contribution is 2.37. The Morgan fingerprint density at radius 1 is 1.28 bits per heavy atom. The minimum atomic E-state index is -0.151. The van der Waals surface area contributed by atoms with Gasteiger partial charge in [0, 0.05) is 31.2 Å². The molecule has 2 fully saturated rings. The van der Waals surface area contributed by atoms with Crippen LogP contribution in [0.3, 0.4) is 0 Å². The molecule has 2 aromatic heterocycles. The molecule has 1 amide bonds. The van der Waals surface area contributed by atoms with Gasteiger partial charge in [0.1, 0.15) is 0 Å². The Morgan fingerprint density at radius 3 is 2.68 bits per heavy atom. The lowest BCUT2D eigenvalue weighted by Gasteiger charge is -2.38. The van der Waals surface area contributed by atoms with E-state index < -0.39 is 0 Å². The summed E-state index contributed by atoms with van der Waals surface area (Å²) in [6.45, 7) is 10.1. The third-order valence-corrected chi connectivity index (χ3v) is 5.73. The molecule has 0 aliphatic carbocycles. The SMILES string of the molecule is CC(C)(C)c1noc2ncc(C(=O)N3CCC4(CCNC4)CC3)cc12. The summed E-state index contributed by atoms with van der Waals surface area (Å²) in [5.74, 6) is 0.0660. The Morgan fingerprint density at radius 2 is 2.04 bits per heavy atom. The monoisotopic (exact) mass is 342 g/mol. The number of pyridine rings is 1. The molecule has 1 N–H and O–H groups in total. The average molecular weight is 342 g/mol. The maximum Gasteiger partial charge on any atom is 0.257 e. The van der Waals surface area contributed by atoms with E-state index in [1.54, 1.807) is 6.20 Å². The van der Waals surface area contributed by atoms with E-state index in [0.717, 1.165) is 50.1 Å². The van der Waals surface area contributed by atoms with Gasteiger partial charge in [0.05, 0.1) is 16.6 Å². The molecular weight excluding hydrogens is 316 g/mol. The van der Waals surface area contributed by atoms with Crippen molar-refractivity contribution in [2.45, 2.75) is 45.4 Å². The predicted molar refractivity (Wildman–Crippen MR) is 95.6 cm³/mol. The normalized spacial score (nSPS) is 20.5. The molecule has 2 aromatic rings. The summed E-state index contributed by atoms with van der Waals surface area (Å²) in [5.41, 5.74) is 2.23. The van der Waals surface area contributed by atoms with Gasteiger partial charge in [0.25, 0.3) is 11.6 Å². The van der Waals surface area contributed by atoms with E-state index >= 15 is 0 Å². The van der Waals surface area contributed by atoms with Gasteiger partial charge in [-0.15, -0.1) is 0 Å². The number of piperidine rings is 1. The van der Waals surface area contributed by atoms with Crippen molar-refractivity contribution in [3.05, 3.63) is 23.5 Å². The van der Waals surface area contributed by atoms with Crippen molar-refractivity contribution in [2.24, 2.45) is 5.41 Å². The van der Waals surface area contributed by atoms with Gasteiger partial charge < -0.3 is 14.7 Å². The zero-order valence-corrected chi connectivity index (χ0v) is 15.3. The fraction of sp³-hybridized carbons (Fsp3) is 0.632. The standard InChI is InChI=1S/C19H26N4O2/c1-18(2,3)15-14-10-13(11-21-16(14)25-22-15)17(24)23-8-5-19(6-9-23)4-7-20-12-19/h10-11,20H,4-9,12H2,1-3H3. The molecule has 0 radical (unpaired) electrons. The molecular formula is C19H26N4O2. The summed E-state index contributed by atoms with van der Waals surface area (Å²) in [7, 11) is 0. The molecule has 0 atom stereocenters. The maximum atomic E-state index is 12.9. The van der Waals surface area contributed by atoms with Gasteiger partial charge >= 0.3 is 0 Å². The molecule has 0 saturated carbocycles. The van der Waals surface area contributed by atoms with Crippen LogP contribution in [0.2, 0.25) is 0 Å². The number of aromatic nitrogens is 2. The molecule has 6 nitrogen and oxygen atoms in total. The quantitative estimate of drug-likeness (QED) is 0.863. The molecule has 4 heterocycles. The zero-order valence-electron chi connectivity index (χ0n) is 15.3. The summed E-state index contributed by atoms with van der Waals surface area (Å²) in [5, 5.41) is 8.46. The minimum absolute atomic E-state index is 0.0660. The molecule has 1 spiro atoms. The van der Waals surface area contributed by atoms with E-state index in [2.05, 4.69) is 36.2 Å². The van der Waals surface area contributed by atoms with Crippen molar-refractivity contribution in [3.8, 4) is 0 Å². The number of rotatable bonds is 1. The highest BCUT2D eigenvalue weighted by molar-refractivity contribution is 5.97. The van der Waals surface area contributed by atoms with E-state index in [1.165, 1.54) is 6.42 Å². The van der Waals surface area contributed by atoms with Crippen LogP contribution in [0.5, 0.6) is 0 Å². The molecule has 134 valence electrons. The number of nitrogens with zero attached hydrogens (tertiary/aromatic N) is 3. The molecule has 2 aliphatic rings. The molecule has 0 bridgehead atoms. The Kier molecular flexibility index (Phi) is 3.83. The fourth-order valence-corrected chi connectivity index (χ4v) is 4.08. The van der Waals surface area contributed by atoms with Gasteiger partial charge in [-0.25, -0.2) is 4.98 Å². The van der Waals surface area contributed by atoms with Crippen molar-refractivity contribution in [1.29, 1.82) is 0 Å². The number of hydrogen-bond acceptors (Lipinski definition) is 5. The lowest BCUT2D eigenvalue weighted by atomic mass is 9.78. The Bertz CT molecular complexity index is 789. The minimum Gasteiger partial charge on any atom is -0.339 e. The lowest BCUT2D eigenvalue weighted by Crippen LogP contribution is -2.44. The molecule has 4 rings (SSSR count). The number of carbonyl (C=O) groups is 1. The summed E-state index contributed by atoms with van der Waals surface area (Å²) in [4.78, 5) is 19.2. The number of amides is 1. The smallest absolute Gasteiger partial charge is 0.257 e. The van der Waals surface area contributed by atoms with Crippen LogP contribution in [0.1, 0.15) is 56.1 Å². The summed E-state index contributed by atoms with van der Waals surface area (Å²) < 4.78 is 5.33. The van der Waals surface area contributed by atoms with Crippen LogP contribution in [0.15, 0.2) is 16.8 Å². The third kappa shape index (κ3) is 2.92. The Labute approximate surface area is 148 Å². The second kappa shape index (κ2) is 5.80. The summed E-state index contributed by atoms with van der Waals surface area (Å²) in [6, 6.07) is 1.89. The average Bonchev–Trinajstić information content (AvgIpc) is 3.21. The molecule has 0 aromatic carbocycles. The summed E-state index contributed by atoms with van der Waals surface area (Å²) in [6.07, 6.45) is 5.02. The highest BCUT2D eigenvalue weighted by Gasteiger charge is 2.38. The Balaban J connectivity index is 1.56. The molecule has 25 heavy (non-hydrogen) atoms. The van der Waals surface area contributed by atoms with Crippen LogP contribution in [0.4, 0.5) is 0 Å². The first kappa shape index (κ1) is 16.5. The second-order valence-corrected chi connectivity index (χ2v) is 8.58. The molecule has 6 heteroatoms. The number of nitrogens with one attached hydrogen (secondary N) is 1. The highest BCUT2D eigenvalue weighted by atomic mass is 16.5.